The van der Waals surface area contributed by atoms with Crippen molar-refractivity contribution in [2.24, 2.45) is 0 Å². The predicted molar refractivity (Wildman–Crippen MR) is 148 cm³/mol. The van der Waals surface area contributed by atoms with Gasteiger partial charge in [-0.05, 0) is 61.3 Å². The van der Waals surface area contributed by atoms with Crippen molar-refractivity contribution in [3.05, 3.63) is 58.8 Å². The molecule has 1 aliphatic rings. The van der Waals surface area contributed by atoms with Crippen molar-refractivity contribution in [1.82, 2.24) is 15.0 Å². The standard InChI is InChI=1S/C28H35FN6OSi/c1-17-13-31-18(2)9-23(17)34-26-32-14-22(29)25(35-26)19-10-20(12-30)24-21(11-19)28(6,15-33-24)16-36-37(7,8)27(3,4)5/h9-11,13-14,33H,15-16H2,1-8H3,(H,31,32,34,35)/t28-/m1/s1. The zero-order valence-corrected chi connectivity index (χ0v) is 23.9. The fraction of sp³-hybridized carbons (Fsp3) is 0.429. The molecule has 0 saturated heterocycles. The summed E-state index contributed by atoms with van der Waals surface area (Å²) in [5.74, 6) is -0.284. The van der Waals surface area contributed by atoms with Crippen LogP contribution in [0.15, 0.2) is 30.6 Å². The normalized spacial score (nSPS) is 17.2. The molecule has 1 aliphatic heterocycles. The molecule has 3 heterocycles. The molecule has 0 fully saturated rings. The lowest BCUT2D eigenvalue weighted by Gasteiger charge is -2.39. The molecule has 37 heavy (non-hydrogen) atoms. The highest BCUT2D eigenvalue weighted by Gasteiger charge is 2.42. The molecule has 2 N–H and O–H groups in total. The van der Waals surface area contributed by atoms with Gasteiger partial charge in [0.25, 0.3) is 0 Å². The first-order valence-corrected chi connectivity index (χ1v) is 15.3. The number of hydrogen-bond acceptors (Lipinski definition) is 7. The van der Waals surface area contributed by atoms with Crippen molar-refractivity contribution in [2.45, 2.75) is 65.1 Å². The van der Waals surface area contributed by atoms with Crippen LogP contribution in [0.4, 0.5) is 21.7 Å². The summed E-state index contributed by atoms with van der Waals surface area (Å²) in [4.78, 5) is 12.9. The first-order valence-electron chi connectivity index (χ1n) is 12.4. The van der Waals surface area contributed by atoms with Gasteiger partial charge in [-0.15, -0.1) is 0 Å². The Bertz CT molecular complexity index is 1390. The molecule has 7 nitrogen and oxygen atoms in total. The van der Waals surface area contributed by atoms with Crippen molar-refractivity contribution in [3.63, 3.8) is 0 Å². The first-order chi connectivity index (χ1) is 17.2. The Morgan fingerprint density at radius 2 is 1.92 bits per heavy atom. The molecule has 0 spiro atoms. The molecule has 0 saturated carbocycles. The van der Waals surface area contributed by atoms with E-state index in [0.29, 0.717) is 24.3 Å². The van der Waals surface area contributed by atoms with Crippen LogP contribution >= 0.6 is 0 Å². The van der Waals surface area contributed by atoms with E-state index in [9.17, 15) is 5.26 Å². The third-order valence-corrected chi connectivity index (χ3v) is 12.1. The highest BCUT2D eigenvalue weighted by molar-refractivity contribution is 6.74. The van der Waals surface area contributed by atoms with Crippen LogP contribution in [0, 0.1) is 31.0 Å². The monoisotopic (exact) mass is 518 g/mol. The van der Waals surface area contributed by atoms with E-state index >= 15 is 4.39 Å². The molecule has 9 heteroatoms. The van der Waals surface area contributed by atoms with Gasteiger partial charge in [0.2, 0.25) is 5.95 Å². The predicted octanol–water partition coefficient (Wildman–Crippen LogP) is 6.61. The maximum absolute atomic E-state index is 15.1. The lowest BCUT2D eigenvalue weighted by Crippen LogP contribution is -2.45. The van der Waals surface area contributed by atoms with Gasteiger partial charge < -0.3 is 15.1 Å². The van der Waals surface area contributed by atoms with E-state index < -0.39 is 14.1 Å². The maximum atomic E-state index is 15.1. The zero-order chi connectivity index (χ0) is 27.2. The van der Waals surface area contributed by atoms with E-state index in [1.165, 1.54) is 0 Å². The SMILES string of the molecule is Cc1cc(Nc2ncc(F)c(-c3cc(C#N)c4c(c3)[C@@](C)(CO[Si](C)(C)C(C)(C)C)CN4)n2)c(C)cn1. The van der Waals surface area contributed by atoms with Gasteiger partial charge >= 0.3 is 0 Å². The van der Waals surface area contributed by atoms with E-state index in [0.717, 1.165) is 34.4 Å². The molecule has 2 aromatic heterocycles. The number of anilines is 3. The van der Waals surface area contributed by atoms with Crippen molar-refractivity contribution in [3.8, 4) is 17.3 Å². The second kappa shape index (κ2) is 9.51. The van der Waals surface area contributed by atoms with Crippen LogP contribution < -0.4 is 10.6 Å². The number of nitrogens with zero attached hydrogens (tertiary/aromatic N) is 4. The number of halogens is 1. The minimum Gasteiger partial charge on any atom is -0.416 e. The van der Waals surface area contributed by atoms with Crippen LogP contribution in [-0.2, 0) is 9.84 Å². The Balaban J connectivity index is 1.73. The second-order valence-corrected chi connectivity index (χ2v) is 16.5. The maximum Gasteiger partial charge on any atom is 0.227 e. The van der Waals surface area contributed by atoms with Gasteiger partial charge in [-0.25, -0.2) is 14.4 Å². The molecule has 0 amide bonds. The number of rotatable bonds is 6. The van der Waals surface area contributed by atoms with Gasteiger partial charge in [-0.3, -0.25) is 4.98 Å². The average molecular weight is 519 g/mol. The Hall–Kier alpha value is -3.35. The van der Waals surface area contributed by atoms with Crippen molar-refractivity contribution in [2.75, 3.05) is 23.8 Å². The average Bonchev–Trinajstić information content (AvgIpc) is 3.17. The summed E-state index contributed by atoms with van der Waals surface area (Å²) in [6.07, 6.45) is 2.92. The zero-order valence-electron chi connectivity index (χ0n) is 22.9. The number of benzene rings is 1. The summed E-state index contributed by atoms with van der Waals surface area (Å²) in [5, 5.41) is 16.6. The Morgan fingerprint density at radius 3 is 2.59 bits per heavy atom. The summed E-state index contributed by atoms with van der Waals surface area (Å²) in [6.45, 7) is 18.2. The molecule has 3 aromatic rings. The van der Waals surface area contributed by atoms with Crippen LogP contribution in [-0.4, -0.2) is 36.4 Å². The molecular weight excluding hydrogens is 483 g/mol. The molecule has 0 aliphatic carbocycles. The number of hydrogen-bond donors (Lipinski definition) is 2. The quantitative estimate of drug-likeness (QED) is 0.354. The number of fused-ring (bicyclic) bond motifs is 1. The number of nitrogens with one attached hydrogen (secondary N) is 2. The van der Waals surface area contributed by atoms with Crippen molar-refractivity contribution < 1.29 is 8.82 Å². The molecule has 0 radical (unpaired) electrons. The fourth-order valence-corrected chi connectivity index (χ4v) is 5.22. The fourth-order valence-electron chi connectivity index (χ4n) is 4.11. The van der Waals surface area contributed by atoms with E-state index in [1.54, 1.807) is 12.3 Å². The minimum atomic E-state index is -1.99. The molecule has 1 aromatic carbocycles. The van der Waals surface area contributed by atoms with E-state index in [4.69, 9.17) is 4.43 Å². The van der Waals surface area contributed by atoms with E-state index in [2.05, 4.69) is 72.4 Å². The number of nitriles is 1. The summed E-state index contributed by atoms with van der Waals surface area (Å²) in [6, 6.07) is 7.79. The van der Waals surface area contributed by atoms with Crippen LogP contribution in [0.25, 0.3) is 11.3 Å². The first kappa shape index (κ1) is 26.7. The third kappa shape index (κ3) is 5.22. The van der Waals surface area contributed by atoms with Gasteiger partial charge in [0.15, 0.2) is 14.1 Å². The molecule has 4 rings (SSSR count). The largest absolute Gasteiger partial charge is 0.416 e. The van der Waals surface area contributed by atoms with Gasteiger partial charge in [0, 0.05) is 41.7 Å². The van der Waals surface area contributed by atoms with Gasteiger partial charge in [0.1, 0.15) is 11.8 Å². The summed E-state index contributed by atoms with van der Waals surface area (Å²) < 4.78 is 21.7. The van der Waals surface area contributed by atoms with Gasteiger partial charge in [-0.1, -0.05) is 27.7 Å². The lowest BCUT2D eigenvalue weighted by molar-refractivity contribution is 0.220. The van der Waals surface area contributed by atoms with E-state index in [-0.39, 0.29) is 22.1 Å². The Kier molecular flexibility index (Phi) is 6.86. The highest BCUT2D eigenvalue weighted by Crippen LogP contribution is 2.44. The van der Waals surface area contributed by atoms with Crippen LogP contribution in [0.5, 0.6) is 0 Å². The molecule has 194 valence electrons. The number of pyridine rings is 1. The minimum absolute atomic E-state index is 0.0804. The second-order valence-electron chi connectivity index (χ2n) is 11.7. The van der Waals surface area contributed by atoms with Crippen LogP contribution in [0.1, 0.15) is 50.1 Å². The molecule has 0 unspecified atom stereocenters. The smallest absolute Gasteiger partial charge is 0.227 e. The van der Waals surface area contributed by atoms with Gasteiger partial charge in [0.05, 0.1) is 17.4 Å². The summed E-state index contributed by atoms with van der Waals surface area (Å²) in [5.41, 5.74) is 5.04. The van der Waals surface area contributed by atoms with Crippen molar-refractivity contribution >= 4 is 25.6 Å². The number of aromatic nitrogens is 3. The highest BCUT2D eigenvalue weighted by atomic mass is 28.4. The van der Waals surface area contributed by atoms with Crippen LogP contribution in [0.3, 0.4) is 0 Å². The molecule has 0 bridgehead atoms. The Labute approximate surface area is 219 Å². The van der Waals surface area contributed by atoms with Gasteiger partial charge in [-0.2, -0.15) is 5.26 Å². The van der Waals surface area contributed by atoms with Crippen LogP contribution in [0.2, 0.25) is 18.1 Å². The summed E-state index contributed by atoms with van der Waals surface area (Å²) >= 11 is 0. The number of aryl methyl sites for hydroxylation is 2. The molecular formula is C28H35FN6OSi. The third-order valence-electron chi connectivity index (χ3n) is 7.63. The lowest BCUT2D eigenvalue weighted by atomic mass is 9.83. The topological polar surface area (TPSA) is 95.8 Å². The van der Waals surface area contributed by atoms with Crippen molar-refractivity contribution in [1.29, 1.82) is 5.26 Å². The van der Waals surface area contributed by atoms with E-state index in [1.807, 2.05) is 26.0 Å². The summed E-state index contributed by atoms with van der Waals surface area (Å²) in [7, 11) is -1.99. The Morgan fingerprint density at radius 1 is 1.19 bits per heavy atom. The molecule has 1 atom stereocenters.